The lowest BCUT2D eigenvalue weighted by atomic mass is 10.1. The van der Waals surface area contributed by atoms with Crippen molar-refractivity contribution in [3.8, 4) is 11.5 Å². The molecule has 0 saturated carbocycles. The quantitative estimate of drug-likeness (QED) is 0.355. The molecule has 1 heterocycles. The van der Waals surface area contributed by atoms with Crippen molar-refractivity contribution >= 4 is 29.6 Å². The van der Waals surface area contributed by atoms with Gasteiger partial charge in [-0.25, -0.2) is 4.79 Å². The molecular formula is C13H11N3O7. The fourth-order valence-corrected chi connectivity index (χ4v) is 1.90. The standard InChI is InChI=1S/C13H11N3O7/c1-15-12(19)7(11(18)14-13(15)20)3-6-4-8(16(21)22)10(17)9(5-6)23-2/h3-5,17H,1-2H3,(H,14,18,20). The van der Waals surface area contributed by atoms with Crippen LogP contribution in [0.4, 0.5) is 10.5 Å². The molecule has 2 N–H and O–H groups in total. The number of methoxy groups -OCH3 is 1. The number of likely N-dealkylation sites (N-methyl/N-ethyl adjacent to an activating group) is 1. The Bertz CT molecular complexity index is 769. The number of urea groups is 1. The molecular weight excluding hydrogens is 310 g/mol. The summed E-state index contributed by atoms with van der Waals surface area (Å²) < 4.78 is 4.82. The molecule has 1 aromatic rings. The molecule has 1 aliphatic heterocycles. The third-order valence-electron chi connectivity index (χ3n) is 3.11. The van der Waals surface area contributed by atoms with Crippen molar-refractivity contribution in [1.29, 1.82) is 0 Å². The topological polar surface area (TPSA) is 139 Å². The van der Waals surface area contributed by atoms with Crippen LogP contribution in [0.2, 0.25) is 0 Å². The maximum Gasteiger partial charge on any atom is 0.331 e. The first-order valence-corrected chi connectivity index (χ1v) is 6.16. The van der Waals surface area contributed by atoms with Crippen LogP contribution < -0.4 is 10.1 Å². The SMILES string of the molecule is COc1cc(C=C2C(=O)NC(=O)N(C)C2=O)cc([N+](=O)[O-])c1O. The van der Waals surface area contributed by atoms with Crippen molar-refractivity contribution in [3.05, 3.63) is 33.4 Å². The van der Waals surface area contributed by atoms with Crippen LogP contribution in [0.25, 0.3) is 6.08 Å². The largest absolute Gasteiger partial charge is 0.500 e. The second-order valence-electron chi connectivity index (χ2n) is 4.53. The molecule has 1 aliphatic rings. The van der Waals surface area contributed by atoms with Gasteiger partial charge in [-0.2, -0.15) is 0 Å². The Balaban J connectivity index is 2.56. The van der Waals surface area contributed by atoms with Crippen LogP contribution in [0.1, 0.15) is 5.56 Å². The average molecular weight is 321 g/mol. The summed E-state index contributed by atoms with van der Waals surface area (Å²) in [7, 11) is 2.37. The average Bonchev–Trinajstić information content (AvgIpc) is 2.50. The van der Waals surface area contributed by atoms with E-state index in [2.05, 4.69) is 0 Å². The van der Waals surface area contributed by atoms with E-state index < -0.39 is 34.2 Å². The van der Waals surface area contributed by atoms with E-state index in [0.29, 0.717) is 4.90 Å². The minimum Gasteiger partial charge on any atom is -0.500 e. The number of ether oxygens (including phenoxy) is 1. The number of imide groups is 2. The number of phenolic OH excluding ortho intramolecular Hbond substituents is 1. The predicted molar refractivity (Wildman–Crippen MR) is 75.6 cm³/mol. The molecule has 10 heteroatoms. The highest BCUT2D eigenvalue weighted by molar-refractivity contribution is 6.30. The van der Waals surface area contributed by atoms with Crippen LogP contribution in [0, 0.1) is 10.1 Å². The maximum absolute atomic E-state index is 12.0. The number of hydrogen-bond acceptors (Lipinski definition) is 7. The van der Waals surface area contributed by atoms with Crippen LogP contribution in [-0.2, 0) is 9.59 Å². The summed E-state index contributed by atoms with van der Waals surface area (Å²) in [4.78, 5) is 45.8. The van der Waals surface area contributed by atoms with E-state index in [4.69, 9.17) is 4.74 Å². The fraction of sp³-hybridized carbons (Fsp3) is 0.154. The summed E-state index contributed by atoms with van der Waals surface area (Å²) >= 11 is 0. The van der Waals surface area contributed by atoms with E-state index >= 15 is 0 Å². The second-order valence-corrected chi connectivity index (χ2v) is 4.53. The molecule has 0 atom stereocenters. The number of nitrogens with one attached hydrogen (secondary N) is 1. The Morgan fingerprint density at radius 3 is 2.57 bits per heavy atom. The molecule has 0 bridgehead atoms. The van der Waals surface area contributed by atoms with Gasteiger partial charge in [-0.05, 0) is 17.7 Å². The Morgan fingerprint density at radius 1 is 1.35 bits per heavy atom. The fourth-order valence-electron chi connectivity index (χ4n) is 1.90. The maximum atomic E-state index is 12.0. The van der Waals surface area contributed by atoms with Crippen LogP contribution in [-0.4, -0.2) is 46.9 Å². The minimum atomic E-state index is -0.923. The lowest BCUT2D eigenvalue weighted by Crippen LogP contribution is -2.52. The number of nitro groups is 1. The van der Waals surface area contributed by atoms with Crippen LogP contribution in [0.5, 0.6) is 11.5 Å². The summed E-state index contributed by atoms with van der Waals surface area (Å²) in [5, 5.41) is 22.6. The molecule has 120 valence electrons. The first-order chi connectivity index (χ1) is 10.8. The van der Waals surface area contributed by atoms with Gasteiger partial charge in [0.1, 0.15) is 5.57 Å². The molecule has 0 spiro atoms. The van der Waals surface area contributed by atoms with E-state index in [1.54, 1.807) is 0 Å². The van der Waals surface area contributed by atoms with Gasteiger partial charge in [-0.15, -0.1) is 0 Å². The van der Waals surface area contributed by atoms with E-state index in [9.17, 15) is 29.6 Å². The molecule has 4 amide bonds. The van der Waals surface area contributed by atoms with Crippen molar-refractivity contribution in [1.82, 2.24) is 10.2 Å². The van der Waals surface area contributed by atoms with E-state index in [1.165, 1.54) is 20.2 Å². The van der Waals surface area contributed by atoms with Gasteiger partial charge in [0, 0.05) is 13.1 Å². The number of carbonyl (C=O) groups is 3. The van der Waals surface area contributed by atoms with Gasteiger partial charge in [0.2, 0.25) is 5.75 Å². The van der Waals surface area contributed by atoms with Crippen LogP contribution >= 0.6 is 0 Å². The number of barbiturate groups is 1. The number of phenols is 1. The lowest BCUT2D eigenvalue weighted by Gasteiger charge is -2.22. The molecule has 0 aliphatic carbocycles. The minimum absolute atomic E-state index is 0.0765. The van der Waals surface area contributed by atoms with Gasteiger partial charge in [-0.1, -0.05) is 0 Å². The summed E-state index contributed by atoms with van der Waals surface area (Å²) in [6, 6.07) is 1.32. The first kappa shape index (κ1) is 15.9. The third kappa shape index (κ3) is 2.81. The molecule has 10 nitrogen and oxygen atoms in total. The molecule has 0 radical (unpaired) electrons. The number of carbonyl (C=O) groups excluding carboxylic acids is 3. The molecule has 0 unspecified atom stereocenters. The summed E-state index contributed by atoms with van der Waals surface area (Å²) in [5.74, 6) is -2.65. The van der Waals surface area contributed by atoms with Crippen LogP contribution in [0.15, 0.2) is 17.7 Å². The van der Waals surface area contributed by atoms with Crippen molar-refractivity contribution < 1.29 is 29.2 Å². The molecule has 2 rings (SSSR count). The normalized spacial score (nSPS) is 16.5. The van der Waals surface area contributed by atoms with Crippen molar-refractivity contribution in [2.24, 2.45) is 0 Å². The number of hydrogen-bond donors (Lipinski definition) is 2. The van der Waals surface area contributed by atoms with Crippen LogP contribution in [0.3, 0.4) is 0 Å². The zero-order valence-electron chi connectivity index (χ0n) is 12.0. The highest BCUT2D eigenvalue weighted by atomic mass is 16.6. The summed E-state index contributed by atoms with van der Waals surface area (Å²) in [6.07, 6.45) is 1.07. The van der Waals surface area contributed by atoms with E-state index in [1.807, 2.05) is 5.32 Å². The zero-order chi connectivity index (χ0) is 17.3. The Morgan fingerprint density at radius 2 is 2.00 bits per heavy atom. The second kappa shape index (κ2) is 5.75. The van der Waals surface area contributed by atoms with Gasteiger partial charge in [0.25, 0.3) is 11.8 Å². The number of nitro benzene ring substituents is 1. The van der Waals surface area contributed by atoms with Crippen molar-refractivity contribution in [2.75, 3.05) is 14.2 Å². The van der Waals surface area contributed by atoms with Crippen molar-refractivity contribution in [2.45, 2.75) is 0 Å². The van der Waals surface area contributed by atoms with Gasteiger partial charge < -0.3 is 9.84 Å². The smallest absolute Gasteiger partial charge is 0.331 e. The Kier molecular flexibility index (Phi) is 3.99. The summed E-state index contributed by atoms with van der Waals surface area (Å²) in [5.41, 5.74) is -0.953. The highest BCUT2D eigenvalue weighted by Gasteiger charge is 2.33. The monoisotopic (exact) mass is 321 g/mol. The number of amides is 4. The van der Waals surface area contributed by atoms with Gasteiger partial charge in [0.15, 0.2) is 5.75 Å². The predicted octanol–water partition coefficient (Wildman–Crippen LogP) is 0.401. The van der Waals surface area contributed by atoms with Crippen molar-refractivity contribution in [3.63, 3.8) is 0 Å². The summed E-state index contributed by atoms with van der Waals surface area (Å²) in [6.45, 7) is 0. The number of rotatable bonds is 3. The number of aromatic hydroxyl groups is 1. The van der Waals surface area contributed by atoms with Gasteiger partial charge in [-0.3, -0.25) is 29.9 Å². The molecule has 1 saturated heterocycles. The molecule has 0 aromatic heterocycles. The van der Waals surface area contributed by atoms with E-state index in [-0.39, 0.29) is 16.9 Å². The molecule has 23 heavy (non-hydrogen) atoms. The Labute approximate surface area is 129 Å². The number of nitrogens with zero attached hydrogens (tertiary/aromatic N) is 2. The zero-order valence-corrected chi connectivity index (χ0v) is 12.0. The molecule has 1 aromatic carbocycles. The first-order valence-electron chi connectivity index (χ1n) is 6.16. The lowest BCUT2D eigenvalue weighted by molar-refractivity contribution is -0.386. The van der Waals surface area contributed by atoms with Gasteiger partial charge >= 0.3 is 11.7 Å². The Hall–Kier alpha value is -3.43. The molecule has 1 fully saturated rings. The third-order valence-corrected chi connectivity index (χ3v) is 3.11. The van der Waals surface area contributed by atoms with E-state index in [0.717, 1.165) is 12.1 Å². The number of benzene rings is 1. The highest BCUT2D eigenvalue weighted by Crippen LogP contribution is 2.37. The van der Waals surface area contributed by atoms with Gasteiger partial charge in [0.05, 0.1) is 12.0 Å².